The van der Waals surface area contributed by atoms with E-state index in [0.29, 0.717) is 23.0 Å². The summed E-state index contributed by atoms with van der Waals surface area (Å²) in [6, 6.07) is 4.36. The van der Waals surface area contributed by atoms with Gasteiger partial charge in [-0.2, -0.15) is 0 Å². The molecule has 3 aromatic rings. The third-order valence-electron chi connectivity index (χ3n) is 2.57. The third kappa shape index (κ3) is 2.24. The van der Waals surface area contributed by atoms with Gasteiger partial charge in [0.05, 0.1) is 11.9 Å². The smallest absolute Gasteiger partial charge is 0.180 e. The maximum Gasteiger partial charge on any atom is 0.180 e. The van der Waals surface area contributed by atoms with Crippen LogP contribution in [0.4, 0.5) is 21.7 Å². The number of hydrogen-bond donors (Lipinski definition) is 2. The maximum atomic E-state index is 13.3. The van der Waals surface area contributed by atoms with Gasteiger partial charge in [-0.1, -0.05) is 0 Å². The molecular weight excluding hydrogens is 313 g/mol. The predicted octanol–water partition coefficient (Wildman–Crippen LogP) is 2.96. The van der Waals surface area contributed by atoms with Crippen molar-refractivity contribution in [2.45, 2.75) is 0 Å². The number of nitrogens with two attached hydrogens (primary N) is 1. The fraction of sp³-hybridized carbons (Fsp3) is 0. The Hall–Kier alpha value is -2.15. The van der Waals surface area contributed by atoms with Crippen LogP contribution in [0.2, 0.25) is 0 Å². The standard InChI is InChI=1S/C12H9BrFN5/c13-8-2-1-7(14)5-9(8)17-11-12-16-3-4-19(12)6-10(15)18-11/h1-6H,15H2,(H,17,18). The van der Waals surface area contributed by atoms with Gasteiger partial charge < -0.3 is 15.5 Å². The second kappa shape index (κ2) is 4.51. The highest BCUT2D eigenvalue weighted by Gasteiger charge is 2.09. The van der Waals surface area contributed by atoms with Gasteiger partial charge in [-0.3, -0.25) is 0 Å². The molecule has 0 aliphatic rings. The largest absolute Gasteiger partial charge is 0.382 e. The summed E-state index contributed by atoms with van der Waals surface area (Å²) in [6.45, 7) is 0. The van der Waals surface area contributed by atoms with Crippen molar-refractivity contribution in [3.05, 3.63) is 47.1 Å². The first-order chi connectivity index (χ1) is 9.13. The first-order valence-corrected chi connectivity index (χ1v) is 6.24. The Morgan fingerprint density at radius 2 is 2.21 bits per heavy atom. The molecule has 0 atom stereocenters. The van der Waals surface area contributed by atoms with Crippen LogP contribution in [0.1, 0.15) is 0 Å². The van der Waals surface area contributed by atoms with Gasteiger partial charge in [-0.05, 0) is 34.1 Å². The van der Waals surface area contributed by atoms with E-state index in [4.69, 9.17) is 5.73 Å². The number of aromatic nitrogens is 3. The summed E-state index contributed by atoms with van der Waals surface area (Å²) in [5, 5.41) is 3.02. The molecule has 0 saturated carbocycles. The van der Waals surface area contributed by atoms with E-state index in [2.05, 4.69) is 31.2 Å². The molecule has 96 valence electrons. The summed E-state index contributed by atoms with van der Waals surface area (Å²) in [7, 11) is 0. The van der Waals surface area contributed by atoms with Crippen LogP contribution in [0.5, 0.6) is 0 Å². The van der Waals surface area contributed by atoms with E-state index in [1.165, 1.54) is 12.1 Å². The van der Waals surface area contributed by atoms with Crippen molar-refractivity contribution in [2.75, 3.05) is 11.1 Å². The van der Waals surface area contributed by atoms with Crippen LogP contribution in [0.25, 0.3) is 5.65 Å². The van der Waals surface area contributed by atoms with E-state index in [0.717, 1.165) is 4.47 Å². The number of nitrogens with one attached hydrogen (secondary N) is 1. The van der Waals surface area contributed by atoms with E-state index in [1.54, 1.807) is 29.1 Å². The lowest BCUT2D eigenvalue weighted by Crippen LogP contribution is -2.02. The van der Waals surface area contributed by atoms with Crippen molar-refractivity contribution in [3.8, 4) is 0 Å². The van der Waals surface area contributed by atoms with Crippen LogP contribution in [-0.2, 0) is 0 Å². The molecule has 0 aliphatic carbocycles. The first kappa shape index (κ1) is 11.9. The molecule has 0 bridgehead atoms. The minimum absolute atomic E-state index is 0.339. The highest BCUT2D eigenvalue weighted by Crippen LogP contribution is 2.27. The summed E-state index contributed by atoms with van der Waals surface area (Å²) in [5.74, 6) is 0.478. The zero-order valence-electron chi connectivity index (χ0n) is 9.64. The quantitative estimate of drug-likeness (QED) is 0.761. The predicted molar refractivity (Wildman–Crippen MR) is 74.8 cm³/mol. The summed E-state index contributed by atoms with van der Waals surface area (Å²) in [4.78, 5) is 8.36. The van der Waals surface area contributed by atoms with Crippen molar-refractivity contribution in [1.29, 1.82) is 0 Å². The van der Waals surface area contributed by atoms with E-state index in [1.807, 2.05) is 0 Å². The van der Waals surface area contributed by atoms with Gasteiger partial charge in [-0.15, -0.1) is 0 Å². The molecular formula is C12H9BrFN5. The lowest BCUT2D eigenvalue weighted by atomic mass is 10.3. The Balaban J connectivity index is 2.10. The van der Waals surface area contributed by atoms with Crippen molar-refractivity contribution in [2.24, 2.45) is 0 Å². The number of fused-ring (bicyclic) bond motifs is 1. The van der Waals surface area contributed by atoms with E-state index in [9.17, 15) is 4.39 Å². The number of rotatable bonds is 2. The van der Waals surface area contributed by atoms with Crippen LogP contribution in [0, 0.1) is 5.82 Å². The molecule has 0 amide bonds. The molecule has 0 spiro atoms. The summed E-state index contributed by atoms with van der Waals surface area (Å²) in [6.07, 6.45) is 5.07. The third-order valence-corrected chi connectivity index (χ3v) is 3.27. The molecule has 0 fully saturated rings. The Morgan fingerprint density at radius 3 is 3.05 bits per heavy atom. The fourth-order valence-corrected chi connectivity index (χ4v) is 2.10. The van der Waals surface area contributed by atoms with E-state index in [-0.39, 0.29) is 5.82 Å². The van der Waals surface area contributed by atoms with Crippen molar-refractivity contribution in [3.63, 3.8) is 0 Å². The summed E-state index contributed by atoms with van der Waals surface area (Å²) in [5.41, 5.74) is 6.89. The van der Waals surface area contributed by atoms with Crippen LogP contribution in [-0.4, -0.2) is 14.4 Å². The molecule has 1 aromatic carbocycles. The molecule has 0 aliphatic heterocycles. The van der Waals surface area contributed by atoms with Crippen molar-refractivity contribution < 1.29 is 4.39 Å². The van der Waals surface area contributed by atoms with Crippen molar-refractivity contribution in [1.82, 2.24) is 14.4 Å². The Kier molecular flexibility index (Phi) is 2.83. The lowest BCUT2D eigenvalue weighted by Gasteiger charge is -2.09. The Labute approximate surface area is 116 Å². The zero-order chi connectivity index (χ0) is 13.4. The van der Waals surface area contributed by atoms with Gasteiger partial charge in [-0.25, -0.2) is 14.4 Å². The van der Waals surface area contributed by atoms with Gasteiger partial charge in [0.25, 0.3) is 0 Å². The highest BCUT2D eigenvalue weighted by atomic mass is 79.9. The summed E-state index contributed by atoms with van der Waals surface area (Å²) >= 11 is 3.35. The van der Waals surface area contributed by atoms with E-state index >= 15 is 0 Å². The molecule has 7 heteroatoms. The Morgan fingerprint density at radius 1 is 1.37 bits per heavy atom. The molecule has 3 rings (SSSR count). The van der Waals surface area contributed by atoms with Crippen molar-refractivity contribution >= 4 is 38.9 Å². The van der Waals surface area contributed by atoms with Crippen LogP contribution in [0.3, 0.4) is 0 Å². The zero-order valence-corrected chi connectivity index (χ0v) is 11.2. The fourth-order valence-electron chi connectivity index (χ4n) is 1.76. The molecule has 0 saturated heterocycles. The Bertz CT molecular complexity index is 755. The van der Waals surface area contributed by atoms with Crippen LogP contribution in [0.15, 0.2) is 41.3 Å². The average Bonchev–Trinajstić information content (AvgIpc) is 2.82. The number of imidazole rings is 1. The van der Waals surface area contributed by atoms with Gasteiger partial charge >= 0.3 is 0 Å². The number of nitrogen functional groups attached to an aromatic ring is 1. The number of anilines is 3. The molecule has 19 heavy (non-hydrogen) atoms. The number of halogens is 2. The molecule has 0 unspecified atom stereocenters. The topological polar surface area (TPSA) is 68.2 Å². The molecule has 2 heterocycles. The number of benzene rings is 1. The second-order valence-electron chi connectivity index (χ2n) is 3.92. The molecule has 0 radical (unpaired) electrons. The molecule has 2 aromatic heterocycles. The molecule has 5 nitrogen and oxygen atoms in total. The minimum atomic E-state index is -0.339. The van der Waals surface area contributed by atoms with Gasteiger partial charge in [0.1, 0.15) is 11.6 Å². The van der Waals surface area contributed by atoms with Gasteiger partial charge in [0, 0.05) is 16.9 Å². The van der Waals surface area contributed by atoms with Gasteiger partial charge in [0.2, 0.25) is 0 Å². The summed E-state index contributed by atoms with van der Waals surface area (Å²) < 4.78 is 15.7. The normalized spacial score (nSPS) is 10.8. The van der Waals surface area contributed by atoms with Crippen LogP contribution >= 0.6 is 15.9 Å². The van der Waals surface area contributed by atoms with Crippen LogP contribution < -0.4 is 11.1 Å². The molecule has 3 N–H and O–H groups in total. The SMILES string of the molecule is Nc1cn2ccnc2c(Nc2cc(F)ccc2Br)n1. The number of nitrogens with zero attached hydrogens (tertiary/aromatic N) is 3. The average molecular weight is 322 g/mol. The van der Waals surface area contributed by atoms with E-state index < -0.39 is 0 Å². The monoisotopic (exact) mass is 321 g/mol. The highest BCUT2D eigenvalue weighted by molar-refractivity contribution is 9.10. The van der Waals surface area contributed by atoms with Gasteiger partial charge in [0.15, 0.2) is 11.5 Å². The maximum absolute atomic E-state index is 13.3. The lowest BCUT2D eigenvalue weighted by molar-refractivity contribution is 0.628. The number of hydrogen-bond acceptors (Lipinski definition) is 4. The second-order valence-corrected chi connectivity index (χ2v) is 4.78. The first-order valence-electron chi connectivity index (χ1n) is 5.45. The minimum Gasteiger partial charge on any atom is -0.382 e.